The third-order valence-corrected chi connectivity index (χ3v) is 5.67. The maximum atomic E-state index is 12.9. The Bertz CT molecular complexity index is 522. The topological polar surface area (TPSA) is 75.7 Å². The maximum absolute atomic E-state index is 12.9. The molecule has 1 saturated heterocycles. The summed E-state index contributed by atoms with van der Waals surface area (Å²) in [7, 11) is 1.36. The van der Waals surface area contributed by atoms with E-state index in [1.807, 2.05) is 41.5 Å². The van der Waals surface area contributed by atoms with Crippen molar-refractivity contribution < 1.29 is 24.3 Å². The molecule has 0 amide bonds. The van der Waals surface area contributed by atoms with Crippen LogP contribution in [0.5, 0.6) is 0 Å². The van der Waals surface area contributed by atoms with Gasteiger partial charge >= 0.3 is 11.9 Å². The van der Waals surface area contributed by atoms with Crippen LogP contribution in [0.15, 0.2) is 0 Å². The Hall–Kier alpha value is -1.14. The van der Waals surface area contributed by atoms with Gasteiger partial charge in [0.1, 0.15) is 6.10 Å². The monoisotopic (exact) mass is 370 g/mol. The van der Waals surface area contributed by atoms with Gasteiger partial charge in [-0.25, -0.2) is 0 Å². The van der Waals surface area contributed by atoms with E-state index in [4.69, 9.17) is 9.47 Å². The predicted octanol–water partition coefficient (Wildman–Crippen LogP) is 3.90. The number of carbonyl (C=O) groups is 2. The summed E-state index contributed by atoms with van der Waals surface area (Å²) in [5, 5.41) is 13.6. The Kier molecular flexibility index (Phi) is 6.58. The van der Waals surface area contributed by atoms with E-state index in [-0.39, 0.29) is 18.0 Å². The van der Waals surface area contributed by atoms with Crippen molar-refractivity contribution in [3.63, 3.8) is 0 Å². The molecule has 0 aromatic carbocycles. The molecule has 1 unspecified atom stereocenters. The highest BCUT2D eigenvalue weighted by Gasteiger charge is 2.49. The number of hydroxylamine groups is 2. The lowest BCUT2D eigenvalue weighted by atomic mass is 9.72. The lowest BCUT2D eigenvalue weighted by Gasteiger charge is -2.49. The van der Waals surface area contributed by atoms with Crippen molar-refractivity contribution in [3.05, 3.63) is 0 Å². The summed E-state index contributed by atoms with van der Waals surface area (Å²) in [4.78, 5) is 25.0. The molecule has 0 spiro atoms. The fourth-order valence-corrected chi connectivity index (χ4v) is 4.20. The number of nitrogens with zero attached hydrogens (tertiary/aromatic N) is 1. The van der Waals surface area contributed by atoms with Gasteiger partial charge in [0.2, 0.25) is 0 Å². The van der Waals surface area contributed by atoms with Crippen molar-refractivity contribution in [2.24, 2.45) is 10.8 Å². The lowest BCUT2D eigenvalue weighted by Crippen LogP contribution is -2.60. The van der Waals surface area contributed by atoms with Crippen molar-refractivity contribution in [1.29, 1.82) is 0 Å². The second kappa shape index (κ2) is 7.47. The molecule has 6 nitrogen and oxygen atoms in total. The van der Waals surface area contributed by atoms with Crippen molar-refractivity contribution in [2.75, 3.05) is 7.11 Å². The average molecular weight is 371 g/mol. The van der Waals surface area contributed by atoms with E-state index in [1.54, 1.807) is 13.8 Å². The zero-order chi connectivity index (χ0) is 20.6. The molecule has 1 atom stereocenters. The van der Waals surface area contributed by atoms with Crippen molar-refractivity contribution in [1.82, 2.24) is 5.06 Å². The molecule has 0 aromatic rings. The Morgan fingerprint density at radius 2 is 1.50 bits per heavy atom. The molecule has 151 valence electrons. The number of methoxy groups -OCH3 is 1. The predicted molar refractivity (Wildman–Crippen MR) is 98.6 cm³/mol. The minimum atomic E-state index is -0.832. The van der Waals surface area contributed by atoms with Gasteiger partial charge in [-0.1, -0.05) is 6.92 Å². The molecule has 0 aromatic heterocycles. The summed E-state index contributed by atoms with van der Waals surface area (Å²) < 4.78 is 10.7. The molecule has 0 N–H and O–H groups in total. The Morgan fingerprint density at radius 3 is 1.88 bits per heavy atom. The minimum Gasteiger partial charge on any atom is -0.469 e. The molecule has 0 saturated carbocycles. The van der Waals surface area contributed by atoms with E-state index < -0.39 is 21.9 Å². The summed E-state index contributed by atoms with van der Waals surface area (Å²) in [5.74, 6) is -0.653. The molecule has 1 rings (SSSR count). The Balaban J connectivity index is 2.90. The zero-order valence-electron chi connectivity index (χ0n) is 17.9. The molecule has 0 aliphatic carbocycles. The highest BCUT2D eigenvalue weighted by molar-refractivity contribution is 5.80. The summed E-state index contributed by atoms with van der Waals surface area (Å²) in [6.45, 7) is 14.8. The summed E-state index contributed by atoms with van der Waals surface area (Å²) in [5.41, 5.74) is -2.77. The van der Waals surface area contributed by atoms with E-state index in [0.29, 0.717) is 25.7 Å². The highest BCUT2D eigenvalue weighted by Crippen LogP contribution is 2.41. The van der Waals surface area contributed by atoms with E-state index in [0.717, 1.165) is 5.06 Å². The molecule has 0 bridgehead atoms. The van der Waals surface area contributed by atoms with Crippen LogP contribution >= 0.6 is 0 Å². The van der Waals surface area contributed by atoms with Crippen LogP contribution in [0.1, 0.15) is 81.1 Å². The van der Waals surface area contributed by atoms with Gasteiger partial charge in [-0.2, -0.15) is 0 Å². The smallest absolute Gasteiger partial charge is 0.311 e. The molecular formula is C20H36NO5. The quantitative estimate of drug-likeness (QED) is 0.663. The van der Waals surface area contributed by atoms with Crippen molar-refractivity contribution in [2.45, 2.75) is 98.3 Å². The first kappa shape index (κ1) is 22.9. The van der Waals surface area contributed by atoms with Crippen LogP contribution in [0.3, 0.4) is 0 Å². The van der Waals surface area contributed by atoms with Crippen LogP contribution in [-0.4, -0.2) is 41.3 Å². The Labute approximate surface area is 158 Å². The van der Waals surface area contributed by atoms with E-state index >= 15 is 0 Å². The molecule has 1 radical (unpaired) electrons. The van der Waals surface area contributed by atoms with Gasteiger partial charge in [0.25, 0.3) is 0 Å². The number of hydrogen-bond acceptors (Lipinski definition) is 5. The van der Waals surface area contributed by atoms with Gasteiger partial charge in [-0.3, -0.25) is 9.59 Å². The molecular weight excluding hydrogens is 334 g/mol. The van der Waals surface area contributed by atoms with Crippen LogP contribution in [0.25, 0.3) is 0 Å². The maximum Gasteiger partial charge on any atom is 0.311 e. The molecule has 1 aliphatic rings. The third-order valence-electron chi connectivity index (χ3n) is 5.67. The van der Waals surface area contributed by atoms with E-state index in [1.165, 1.54) is 7.11 Å². The van der Waals surface area contributed by atoms with Gasteiger partial charge in [0.15, 0.2) is 0 Å². The Morgan fingerprint density at radius 1 is 1.04 bits per heavy atom. The zero-order valence-corrected chi connectivity index (χ0v) is 17.9. The summed E-state index contributed by atoms with van der Waals surface area (Å²) in [6.07, 6.45) is 1.58. The first-order valence-electron chi connectivity index (χ1n) is 9.38. The van der Waals surface area contributed by atoms with Crippen LogP contribution in [0.4, 0.5) is 0 Å². The van der Waals surface area contributed by atoms with Crippen LogP contribution in [0.2, 0.25) is 0 Å². The summed E-state index contributed by atoms with van der Waals surface area (Å²) >= 11 is 0. The molecule has 26 heavy (non-hydrogen) atoms. The largest absolute Gasteiger partial charge is 0.469 e. The third kappa shape index (κ3) is 4.77. The minimum absolute atomic E-state index is 0.317. The standard InChI is InChI=1S/C20H36NO5/c1-10-20(8,16(23)25-9)13-17(2,3)15(22)26-14-11-18(4,5)21(24)19(6,7)12-14/h14H,10-13H2,1-9H3. The van der Waals surface area contributed by atoms with Crippen LogP contribution in [-0.2, 0) is 24.3 Å². The van der Waals surface area contributed by atoms with Gasteiger partial charge in [0.05, 0.1) is 17.9 Å². The van der Waals surface area contributed by atoms with Crippen LogP contribution in [0, 0.1) is 10.8 Å². The van der Waals surface area contributed by atoms with E-state index in [9.17, 15) is 14.8 Å². The second-order valence-corrected chi connectivity index (χ2v) is 9.82. The van der Waals surface area contributed by atoms with Gasteiger partial charge in [0, 0.05) is 23.9 Å². The molecule has 6 heteroatoms. The van der Waals surface area contributed by atoms with Crippen molar-refractivity contribution >= 4 is 11.9 Å². The van der Waals surface area contributed by atoms with Gasteiger partial charge in [-0.05, 0) is 61.3 Å². The highest BCUT2D eigenvalue weighted by atomic mass is 16.6. The van der Waals surface area contributed by atoms with E-state index in [2.05, 4.69) is 0 Å². The van der Waals surface area contributed by atoms with Gasteiger partial charge in [-0.15, -0.1) is 10.3 Å². The first-order valence-corrected chi connectivity index (χ1v) is 9.38. The number of esters is 2. The average Bonchev–Trinajstić information content (AvgIpc) is 2.50. The normalized spacial score (nSPS) is 23.2. The van der Waals surface area contributed by atoms with Crippen LogP contribution < -0.4 is 0 Å². The fraction of sp³-hybridized carbons (Fsp3) is 0.900. The first-order chi connectivity index (χ1) is 11.6. The summed E-state index contributed by atoms with van der Waals surface area (Å²) in [6, 6.07) is 0. The number of piperidine rings is 1. The number of hydrogen-bond donors (Lipinski definition) is 0. The lowest BCUT2D eigenvalue weighted by molar-refractivity contribution is -0.299. The molecule has 1 aliphatic heterocycles. The SMILES string of the molecule is CCC(C)(CC(C)(C)C(=O)OC1CC(C)(C)N([O])C(C)(C)C1)C(=O)OC. The van der Waals surface area contributed by atoms with Crippen molar-refractivity contribution in [3.8, 4) is 0 Å². The second-order valence-electron chi connectivity index (χ2n) is 9.82. The number of ether oxygens (including phenoxy) is 2. The fourth-order valence-electron chi connectivity index (χ4n) is 4.20. The number of carbonyl (C=O) groups excluding carboxylic acids is 2. The molecule has 1 fully saturated rings. The van der Waals surface area contributed by atoms with Gasteiger partial charge < -0.3 is 9.47 Å². The number of rotatable bonds is 6. The molecule has 1 heterocycles.